The van der Waals surface area contributed by atoms with Crippen LogP contribution in [0, 0.1) is 0 Å². The number of oxime groups is 1. The lowest BCUT2D eigenvalue weighted by Gasteiger charge is -2.40. The van der Waals surface area contributed by atoms with E-state index in [2.05, 4.69) is 10.5 Å². The number of carbonyl (C=O) groups excluding carboxylic acids is 2. The van der Waals surface area contributed by atoms with E-state index in [0.717, 1.165) is 0 Å². The topological polar surface area (TPSA) is 141 Å². The van der Waals surface area contributed by atoms with Crippen LogP contribution in [0.5, 0.6) is 0 Å². The van der Waals surface area contributed by atoms with Crippen LogP contribution < -0.4 is 10.2 Å². The van der Waals surface area contributed by atoms with Crippen LogP contribution in [-0.4, -0.2) is 76.6 Å². The van der Waals surface area contributed by atoms with Gasteiger partial charge >= 0.3 is 0 Å². The number of benzene rings is 1. The summed E-state index contributed by atoms with van der Waals surface area (Å²) in [6, 6.07) is 5.94. The molecule has 0 aliphatic carbocycles. The number of aliphatic hydroxyl groups excluding tert-OH is 3. The second-order valence-electron chi connectivity index (χ2n) is 6.54. The van der Waals surface area contributed by atoms with Gasteiger partial charge in [0.1, 0.15) is 24.4 Å². The van der Waals surface area contributed by atoms with Crippen LogP contribution in [0.3, 0.4) is 0 Å². The molecule has 10 heteroatoms. The summed E-state index contributed by atoms with van der Waals surface area (Å²) in [6.45, 7) is 2.93. The minimum atomic E-state index is -1.46. The summed E-state index contributed by atoms with van der Waals surface area (Å²) in [5.41, 5.74) is 1.34. The van der Waals surface area contributed by atoms with Crippen molar-refractivity contribution in [3.8, 4) is 0 Å². The van der Waals surface area contributed by atoms with Crippen LogP contribution in [0.15, 0.2) is 29.4 Å². The van der Waals surface area contributed by atoms with E-state index in [1.54, 1.807) is 29.2 Å². The summed E-state index contributed by atoms with van der Waals surface area (Å²) in [5, 5.41) is 36.0. The molecule has 2 amide bonds. The van der Waals surface area contributed by atoms with Gasteiger partial charge in [-0.05, 0) is 13.0 Å². The van der Waals surface area contributed by atoms with E-state index in [1.165, 1.54) is 6.92 Å². The number of amides is 2. The molecule has 10 nitrogen and oxygen atoms in total. The van der Waals surface area contributed by atoms with E-state index in [-0.39, 0.29) is 11.6 Å². The highest BCUT2D eigenvalue weighted by atomic mass is 16.8. The first-order valence-electron chi connectivity index (χ1n) is 8.93. The maximum atomic E-state index is 12.6. The number of carbonyl (C=O) groups is 2. The fourth-order valence-electron chi connectivity index (χ4n) is 3.33. The number of para-hydroxylation sites is 1. The molecule has 0 unspecified atom stereocenters. The molecule has 0 bridgehead atoms. The molecule has 28 heavy (non-hydrogen) atoms. The quantitative estimate of drug-likeness (QED) is 0.457. The zero-order chi connectivity index (χ0) is 20.4. The van der Waals surface area contributed by atoms with Gasteiger partial charge in [-0.1, -0.05) is 23.4 Å². The molecule has 1 aromatic carbocycles. The second kappa shape index (κ2) is 8.23. The largest absolute Gasteiger partial charge is 0.394 e. The van der Waals surface area contributed by atoms with E-state index in [0.29, 0.717) is 17.8 Å². The number of aliphatic hydroxyl groups is 3. The van der Waals surface area contributed by atoms with Crippen molar-refractivity contribution in [2.75, 3.05) is 18.1 Å². The van der Waals surface area contributed by atoms with Crippen LogP contribution in [0.25, 0.3) is 0 Å². The predicted molar refractivity (Wildman–Crippen MR) is 97.5 cm³/mol. The van der Waals surface area contributed by atoms with Crippen molar-refractivity contribution in [3.05, 3.63) is 29.8 Å². The molecule has 2 heterocycles. The van der Waals surface area contributed by atoms with Crippen LogP contribution in [0.4, 0.5) is 5.69 Å². The predicted octanol–water partition coefficient (Wildman–Crippen LogP) is -1.28. The number of anilines is 1. The summed E-state index contributed by atoms with van der Waals surface area (Å²) >= 11 is 0. The minimum absolute atomic E-state index is 0.0591. The maximum Gasteiger partial charge on any atom is 0.281 e. The van der Waals surface area contributed by atoms with E-state index in [4.69, 9.17) is 9.57 Å². The Balaban J connectivity index is 1.88. The fraction of sp³-hybridized carbons (Fsp3) is 0.500. The summed E-state index contributed by atoms with van der Waals surface area (Å²) in [7, 11) is 0. The average molecular weight is 393 g/mol. The number of rotatable bonds is 5. The molecule has 2 aliphatic rings. The molecule has 3 rings (SSSR count). The molecule has 0 aromatic heterocycles. The zero-order valence-electron chi connectivity index (χ0n) is 15.5. The first-order chi connectivity index (χ1) is 13.4. The average Bonchev–Trinajstić information content (AvgIpc) is 2.95. The Morgan fingerprint density at radius 3 is 2.68 bits per heavy atom. The monoisotopic (exact) mass is 393 g/mol. The van der Waals surface area contributed by atoms with Crippen molar-refractivity contribution in [2.45, 2.75) is 44.5 Å². The van der Waals surface area contributed by atoms with Gasteiger partial charge in [0.25, 0.3) is 5.91 Å². The molecule has 0 saturated carbocycles. The van der Waals surface area contributed by atoms with Gasteiger partial charge in [0.05, 0.1) is 12.3 Å². The van der Waals surface area contributed by atoms with Crippen molar-refractivity contribution in [3.63, 3.8) is 0 Å². The van der Waals surface area contributed by atoms with Gasteiger partial charge in [-0.25, -0.2) is 0 Å². The lowest BCUT2D eigenvalue weighted by atomic mass is 9.97. The first-order valence-corrected chi connectivity index (χ1v) is 8.93. The standard InChI is InChI=1S/C18H23N3O7/c1-3-21-11-7-5-4-6-10(11)13(17(21)26)20-28-18-14(19-9(2)23)16(25)15(24)12(8-22)27-18/h4-7,12,14-16,18,22,24-25H,3,8H2,1-2H3,(H,19,23)/t12-,14-,15+,16-,18+/m0/s1. The van der Waals surface area contributed by atoms with E-state index < -0.39 is 43.2 Å². The molecule has 1 fully saturated rings. The second-order valence-corrected chi connectivity index (χ2v) is 6.54. The third-order valence-corrected chi connectivity index (χ3v) is 4.71. The highest BCUT2D eigenvalue weighted by molar-refractivity contribution is 6.54. The summed E-state index contributed by atoms with van der Waals surface area (Å²) in [4.78, 5) is 31.0. The maximum absolute atomic E-state index is 12.6. The van der Waals surface area contributed by atoms with Gasteiger partial charge in [-0.2, -0.15) is 0 Å². The number of nitrogens with zero attached hydrogens (tertiary/aromatic N) is 2. The van der Waals surface area contributed by atoms with Gasteiger partial charge in [0.15, 0.2) is 5.71 Å². The Morgan fingerprint density at radius 2 is 2.04 bits per heavy atom. The number of hydrogen-bond donors (Lipinski definition) is 4. The van der Waals surface area contributed by atoms with E-state index in [9.17, 15) is 24.9 Å². The molecule has 2 aliphatic heterocycles. The Bertz CT molecular complexity index is 784. The third kappa shape index (κ3) is 3.59. The van der Waals surface area contributed by atoms with E-state index in [1.807, 2.05) is 6.92 Å². The molecular weight excluding hydrogens is 370 g/mol. The van der Waals surface area contributed by atoms with Gasteiger partial charge < -0.3 is 35.1 Å². The number of fused-ring (bicyclic) bond motifs is 1. The number of ether oxygens (including phenoxy) is 1. The number of likely N-dealkylation sites (N-methyl/N-ethyl adjacent to an activating group) is 1. The highest BCUT2D eigenvalue weighted by Crippen LogP contribution is 2.29. The zero-order valence-corrected chi connectivity index (χ0v) is 15.5. The molecule has 1 saturated heterocycles. The van der Waals surface area contributed by atoms with Gasteiger partial charge in [0, 0.05) is 19.0 Å². The van der Waals surface area contributed by atoms with Gasteiger partial charge in [-0.3, -0.25) is 9.59 Å². The van der Waals surface area contributed by atoms with Crippen molar-refractivity contribution in [1.82, 2.24) is 5.32 Å². The number of nitrogens with one attached hydrogen (secondary N) is 1. The van der Waals surface area contributed by atoms with Crippen molar-refractivity contribution in [1.29, 1.82) is 0 Å². The Morgan fingerprint density at radius 1 is 1.32 bits per heavy atom. The SMILES string of the molecule is CCN1C(=O)C(=NO[C@H]2O[C@@H](CO)[C@@H](O)[C@@H](O)[C@@H]2NC(C)=O)c2ccccc21. The lowest BCUT2D eigenvalue weighted by molar-refractivity contribution is -0.270. The Hall–Kier alpha value is -2.53. The van der Waals surface area contributed by atoms with E-state index >= 15 is 0 Å². The molecule has 4 N–H and O–H groups in total. The molecule has 0 spiro atoms. The van der Waals surface area contributed by atoms with Crippen LogP contribution in [-0.2, 0) is 19.2 Å². The van der Waals surface area contributed by atoms with Crippen molar-refractivity contribution in [2.24, 2.45) is 5.16 Å². The smallest absolute Gasteiger partial charge is 0.281 e. The van der Waals surface area contributed by atoms with Crippen LogP contribution in [0.1, 0.15) is 19.4 Å². The van der Waals surface area contributed by atoms with Gasteiger partial charge in [0.2, 0.25) is 12.2 Å². The van der Waals surface area contributed by atoms with Crippen molar-refractivity contribution >= 4 is 23.2 Å². The molecule has 0 radical (unpaired) electrons. The molecule has 5 atom stereocenters. The molecule has 152 valence electrons. The Labute approximate surface area is 161 Å². The minimum Gasteiger partial charge on any atom is -0.394 e. The number of hydrogen-bond acceptors (Lipinski definition) is 8. The van der Waals surface area contributed by atoms with Crippen molar-refractivity contribution < 1.29 is 34.5 Å². The fourth-order valence-corrected chi connectivity index (χ4v) is 3.33. The normalized spacial score (nSPS) is 31.0. The lowest BCUT2D eigenvalue weighted by Crippen LogP contribution is -2.64. The highest BCUT2D eigenvalue weighted by Gasteiger charge is 2.46. The first kappa shape index (κ1) is 20.2. The summed E-state index contributed by atoms with van der Waals surface area (Å²) in [5.74, 6) is -0.835. The van der Waals surface area contributed by atoms with Crippen LogP contribution >= 0.6 is 0 Å². The third-order valence-electron chi connectivity index (χ3n) is 4.71. The molecular formula is C18H23N3O7. The molecule has 1 aromatic rings. The summed E-state index contributed by atoms with van der Waals surface area (Å²) in [6.07, 6.45) is -5.34. The van der Waals surface area contributed by atoms with Crippen LogP contribution in [0.2, 0.25) is 0 Å². The summed E-state index contributed by atoms with van der Waals surface area (Å²) < 4.78 is 5.44. The Kier molecular flexibility index (Phi) is 5.94. The van der Waals surface area contributed by atoms with Gasteiger partial charge in [-0.15, -0.1) is 0 Å².